The fraction of sp³-hybridized carbons (Fsp3) is 0.667. The van der Waals surface area contributed by atoms with Gasteiger partial charge in [-0.15, -0.1) is 0 Å². The first kappa shape index (κ1) is 22.8. The molecule has 2 fully saturated rings. The Bertz CT molecular complexity index is 677. The highest BCUT2D eigenvalue weighted by atomic mass is 16.5. The minimum Gasteiger partial charge on any atom is -0.379 e. The number of carbonyl (C=O) groups excluding carboxylic acids is 2. The number of nitrogens with one attached hydrogen (secondary N) is 2. The van der Waals surface area contributed by atoms with Gasteiger partial charge in [0.2, 0.25) is 11.8 Å². The first-order valence-corrected chi connectivity index (χ1v) is 11.5. The van der Waals surface area contributed by atoms with E-state index in [1.807, 2.05) is 13.8 Å². The fourth-order valence-electron chi connectivity index (χ4n) is 4.25. The van der Waals surface area contributed by atoms with Crippen molar-refractivity contribution in [2.24, 2.45) is 11.8 Å². The van der Waals surface area contributed by atoms with Gasteiger partial charge in [0.1, 0.15) is 6.04 Å². The summed E-state index contributed by atoms with van der Waals surface area (Å²) in [6.07, 6.45) is 5.31. The van der Waals surface area contributed by atoms with Crippen LogP contribution in [-0.2, 0) is 27.4 Å². The van der Waals surface area contributed by atoms with Crippen LogP contribution >= 0.6 is 0 Å². The van der Waals surface area contributed by atoms with E-state index in [9.17, 15) is 9.59 Å². The summed E-state index contributed by atoms with van der Waals surface area (Å²) in [7, 11) is 0. The van der Waals surface area contributed by atoms with Crippen molar-refractivity contribution in [2.75, 3.05) is 26.3 Å². The van der Waals surface area contributed by atoms with Gasteiger partial charge in [-0.05, 0) is 29.9 Å². The largest absolute Gasteiger partial charge is 0.379 e. The van der Waals surface area contributed by atoms with Crippen molar-refractivity contribution in [1.82, 2.24) is 15.5 Å². The summed E-state index contributed by atoms with van der Waals surface area (Å²) in [6, 6.07) is 7.91. The number of morpholine rings is 1. The standard InChI is InChI=1S/C24H37N3O3/c1-18(2)22(26-23(28)21-6-4-3-5-7-21)24(29)25-16-19-8-10-20(11-9-19)17-27-12-14-30-15-13-27/h8-11,18,21-22H,3-7,12-17H2,1-2H3,(H,25,29)(H,26,28). The number of carbonyl (C=O) groups is 2. The minimum atomic E-state index is -0.486. The van der Waals surface area contributed by atoms with Crippen molar-refractivity contribution in [3.63, 3.8) is 0 Å². The molecule has 30 heavy (non-hydrogen) atoms. The average Bonchev–Trinajstić information content (AvgIpc) is 2.77. The summed E-state index contributed by atoms with van der Waals surface area (Å²) in [5.41, 5.74) is 2.34. The Morgan fingerprint density at radius 2 is 1.67 bits per heavy atom. The Hall–Kier alpha value is -1.92. The molecule has 0 bridgehead atoms. The second kappa shape index (κ2) is 11.5. The summed E-state index contributed by atoms with van der Waals surface area (Å²) >= 11 is 0. The second-order valence-corrected chi connectivity index (χ2v) is 8.99. The highest BCUT2D eigenvalue weighted by Crippen LogP contribution is 2.24. The third kappa shape index (κ3) is 6.81. The van der Waals surface area contributed by atoms with E-state index in [0.717, 1.165) is 64.1 Å². The summed E-state index contributed by atoms with van der Waals surface area (Å²) in [5.74, 6) is 0.0443. The Morgan fingerprint density at radius 1 is 1.03 bits per heavy atom. The zero-order valence-electron chi connectivity index (χ0n) is 18.5. The van der Waals surface area contributed by atoms with Crippen LogP contribution in [0.25, 0.3) is 0 Å². The minimum absolute atomic E-state index is 0.0380. The van der Waals surface area contributed by atoms with E-state index < -0.39 is 6.04 Å². The number of hydrogen-bond donors (Lipinski definition) is 2. The van der Waals surface area contributed by atoms with Gasteiger partial charge in [0.15, 0.2) is 0 Å². The first-order chi connectivity index (χ1) is 14.5. The lowest BCUT2D eigenvalue weighted by molar-refractivity contribution is -0.132. The van der Waals surface area contributed by atoms with Gasteiger partial charge in [-0.3, -0.25) is 14.5 Å². The van der Waals surface area contributed by atoms with Crippen LogP contribution in [-0.4, -0.2) is 49.1 Å². The predicted octanol–water partition coefficient (Wildman–Crippen LogP) is 2.86. The number of rotatable bonds is 8. The molecular formula is C24H37N3O3. The van der Waals surface area contributed by atoms with E-state index >= 15 is 0 Å². The molecule has 1 unspecified atom stereocenters. The van der Waals surface area contributed by atoms with E-state index in [0.29, 0.717) is 6.54 Å². The van der Waals surface area contributed by atoms with E-state index in [4.69, 9.17) is 4.74 Å². The van der Waals surface area contributed by atoms with Gasteiger partial charge in [0.25, 0.3) is 0 Å². The lowest BCUT2D eigenvalue weighted by Crippen LogP contribution is -2.51. The molecule has 2 aliphatic rings. The van der Waals surface area contributed by atoms with Crippen LogP contribution in [0, 0.1) is 11.8 Å². The van der Waals surface area contributed by atoms with Gasteiger partial charge in [0, 0.05) is 32.1 Å². The smallest absolute Gasteiger partial charge is 0.243 e. The number of hydrogen-bond acceptors (Lipinski definition) is 4. The number of benzene rings is 1. The molecule has 1 aliphatic carbocycles. The topological polar surface area (TPSA) is 70.7 Å². The van der Waals surface area contributed by atoms with Crippen LogP contribution in [0.1, 0.15) is 57.1 Å². The third-order valence-electron chi connectivity index (χ3n) is 6.22. The number of ether oxygens (including phenoxy) is 1. The van der Waals surface area contributed by atoms with Crippen LogP contribution in [0.4, 0.5) is 0 Å². The summed E-state index contributed by atoms with van der Waals surface area (Å²) in [4.78, 5) is 27.7. The molecular weight excluding hydrogens is 378 g/mol. The number of amides is 2. The van der Waals surface area contributed by atoms with Crippen molar-refractivity contribution >= 4 is 11.8 Å². The molecule has 6 nitrogen and oxygen atoms in total. The molecule has 166 valence electrons. The fourth-order valence-corrected chi connectivity index (χ4v) is 4.25. The molecule has 6 heteroatoms. The molecule has 1 heterocycles. The lowest BCUT2D eigenvalue weighted by atomic mass is 9.88. The molecule has 1 saturated heterocycles. The van der Waals surface area contributed by atoms with Crippen molar-refractivity contribution in [3.05, 3.63) is 35.4 Å². The van der Waals surface area contributed by atoms with Crippen LogP contribution in [0.3, 0.4) is 0 Å². The van der Waals surface area contributed by atoms with Gasteiger partial charge in [0.05, 0.1) is 13.2 Å². The Labute approximate surface area is 180 Å². The molecule has 2 amide bonds. The van der Waals surface area contributed by atoms with Gasteiger partial charge < -0.3 is 15.4 Å². The van der Waals surface area contributed by atoms with Gasteiger partial charge in [-0.25, -0.2) is 0 Å². The van der Waals surface area contributed by atoms with Crippen molar-refractivity contribution in [1.29, 1.82) is 0 Å². The van der Waals surface area contributed by atoms with Crippen molar-refractivity contribution in [3.8, 4) is 0 Å². The maximum absolute atomic E-state index is 12.8. The first-order valence-electron chi connectivity index (χ1n) is 11.5. The molecule has 0 spiro atoms. The summed E-state index contributed by atoms with van der Waals surface area (Å²) in [5, 5.41) is 6.02. The Morgan fingerprint density at radius 3 is 2.30 bits per heavy atom. The van der Waals surface area contributed by atoms with E-state index in [2.05, 4.69) is 39.8 Å². The molecule has 1 saturated carbocycles. The molecule has 3 rings (SSSR count). The molecule has 1 atom stereocenters. The predicted molar refractivity (Wildman–Crippen MR) is 118 cm³/mol. The van der Waals surface area contributed by atoms with Gasteiger partial charge >= 0.3 is 0 Å². The van der Waals surface area contributed by atoms with E-state index in [1.54, 1.807) is 0 Å². The molecule has 1 aromatic carbocycles. The summed E-state index contributed by atoms with van der Waals surface area (Å²) < 4.78 is 5.40. The SMILES string of the molecule is CC(C)C(NC(=O)C1CCCCC1)C(=O)NCc1ccc(CN2CCOCC2)cc1. The van der Waals surface area contributed by atoms with Crippen molar-refractivity contribution < 1.29 is 14.3 Å². The zero-order chi connectivity index (χ0) is 21.3. The van der Waals surface area contributed by atoms with Crippen molar-refractivity contribution in [2.45, 2.75) is 65.1 Å². The molecule has 2 N–H and O–H groups in total. The maximum Gasteiger partial charge on any atom is 0.243 e. The second-order valence-electron chi connectivity index (χ2n) is 8.99. The molecule has 0 radical (unpaired) electrons. The third-order valence-corrected chi connectivity index (χ3v) is 6.22. The number of nitrogens with zero attached hydrogens (tertiary/aromatic N) is 1. The van der Waals surface area contributed by atoms with Crippen LogP contribution in [0.15, 0.2) is 24.3 Å². The van der Waals surface area contributed by atoms with E-state index in [-0.39, 0.29) is 23.7 Å². The average molecular weight is 416 g/mol. The van der Waals surface area contributed by atoms with Crippen LogP contribution in [0.2, 0.25) is 0 Å². The quantitative estimate of drug-likeness (QED) is 0.685. The highest BCUT2D eigenvalue weighted by Gasteiger charge is 2.28. The molecule has 1 aliphatic heterocycles. The van der Waals surface area contributed by atoms with Crippen LogP contribution in [0.5, 0.6) is 0 Å². The monoisotopic (exact) mass is 415 g/mol. The Kier molecular flexibility index (Phi) is 8.70. The Balaban J connectivity index is 1.47. The van der Waals surface area contributed by atoms with Gasteiger partial charge in [-0.1, -0.05) is 57.4 Å². The normalized spacial score (nSPS) is 19.4. The highest BCUT2D eigenvalue weighted by molar-refractivity contribution is 5.88. The lowest BCUT2D eigenvalue weighted by Gasteiger charge is -2.27. The zero-order valence-corrected chi connectivity index (χ0v) is 18.5. The molecule has 0 aromatic heterocycles. The van der Waals surface area contributed by atoms with Gasteiger partial charge in [-0.2, -0.15) is 0 Å². The maximum atomic E-state index is 12.8. The van der Waals surface area contributed by atoms with E-state index in [1.165, 1.54) is 12.0 Å². The summed E-state index contributed by atoms with van der Waals surface area (Å²) in [6.45, 7) is 8.91. The van der Waals surface area contributed by atoms with Crippen LogP contribution < -0.4 is 10.6 Å². The molecule has 1 aromatic rings.